The SMILES string of the molecule is CC(C)c1ccnc2c(C(=O)Nc3cn(C4CCC(CN(C)C5CCN(c6cccc7c6n(C)c(=O)n7C6CCC(=O)NC6=O)CC5)CC4)nc3C(F)F)cnn12. The quantitative estimate of drug-likeness (QED) is 0.182. The first-order chi connectivity index (χ1) is 27.4. The average molecular weight is 786 g/mol. The molecule has 302 valence electrons. The first-order valence-electron chi connectivity index (χ1n) is 19.9. The number of aromatic nitrogens is 7. The van der Waals surface area contributed by atoms with Crippen LogP contribution in [0, 0.1) is 5.92 Å². The van der Waals surface area contributed by atoms with Gasteiger partial charge in [-0.15, -0.1) is 0 Å². The van der Waals surface area contributed by atoms with Gasteiger partial charge < -0.3 is 15.1 Å². The number of anilines is 2. The van der Waals surface area contributed by atoms with Gasteiger partial charge in [0.05, 0.1) is 34.6 Å². The Morgan fingerprint density at radius 3 is 2.49 bits per heavy atom. The van der Waals surface area contributed by atoms with E-state index in [-0.39, 0.29) is 41.2 Å². The van der Waals surface area contributed by atoms with Gasteiger partial charge in [-0.1, -0.05) is 19.9 Å². The minimum Gasteiger partial charge on any atom is -0.370 e. The van der Waals surface area contributed by atoms with E-state index >= 15 is 0 Å². The van der Waals surface area contributed by atoms with Crippen molar-refractivity contribution in [3.05, 3.63) is 70.3 Å². The fourth-order valence-electron chi connectivity index (χ4n) is 9.15. The maximum atomic E-state index is 14.2. The summed E-state index contributed by atoms with van der Waals surface area (Å²) in [7, 11) is 3.91. The van der Waals surface area contributed by atoms with E-state index in [0.29, 0.717) is 29.5 Å². The maximum Gasteiger partial charge on any atom is 0.329 e. The van der Waals surface area contributed by atoms with Crippen LogP contribution in [0.25, 0.3) is 16.7 Å². The number of benzene rings is 1. The Hall–Kier alpha value is -5.45. The molecule has 2 aliphatic heterocycles. The van der Waals surface area contributed by atoms with E-state index in [4.69, 9.17) is 0 Å². The molecular formula is C40H49F2N11O4. The molecule has 1 atom stereocenters. The van der Waals surface area contributed by atoms with E-state index in [2.05, 4.69) is 42.7 Å². The van der Waals surface area contributed by atoms with E-state index in [9.17, 15) is 28.0 Å². The highest BCUT2D eigenvalue weighted by Crippen LogP contribution is 2.37. The number of carbonyl (C=O) groups is 3. The molecule has 17 heteroatoms. The number of amides is 3. The number of alkyl halides is 2. The van der Waals surface area contributed by atoms with Crippen LogP contribution in [0.5, 0.6) is 0 Å². The van der Waals surface area contributed by atoms with Gasteiger partial charge in [0.15, 0.2) is 11.3 Å². The molecule has 3 fully saturated rings. The molecule has 5 aromatic rings. The van der Waals surface area contributed by atoms with Crippen molar-refractivity contribution >= 4 is 45.8 Å². The zero-order valence-corrected chi connectivity index (χ0v) is 32.7. The summed E-state index contributed by atoms with van der Waals surface area (Å²) in [6.07, 6.45) is 7.56. The smallest absolute Gasteiger partial charge is 0.329 e. The predicted octanol–water partition coefficient (Wildman–Crippen LogP) is 5.20. The molecule has 3 aliphatic rings. The Labute approximate surface area is 328 Å². The van der Waals surface area contributed by atoms with Crippen LogP contribution in [-0.2, 0) is 16.6 Å². The van der Waals surface area contributed by atoms with Crippen LogP contribution in [0.1, 0.15) is 111 Å². The van der Waals surface area contributed by atoms with Gasteiger partial charge in [-0.3, -0.25) is 33.5 Å². The van der Waals surface area contributed by atoms with Crippen molar-refractivity contribution in [2.24, 2.45) is 13.0 Å². The second-order valence-corrected chi connectivity index (χ2v) is 16.1. The van der Waals surface area contributed by atoms with Crippen molar-refractivity contribution < 1.29 is 23.2 Å². The zero-order chi connectivity index (χ0) is 40.1. The molecule has 0 bridgehead atoms. The average Bonchev–Trinajstić information content (AvgIpc) is 3.90. The highest BCUT2D eigenvalue weighted by molar-refractivity contribution is 6.08. The van der Waals surface area contributed by atoms with Crippen molar-refractivity contribution in [1.29, 1.82) is 0 Å². The lowest BCUT2D eigenvalue weighted by molar-refractivity contribution is -0.135. The number of halogens is 2. The number of hydrogen-bond acceptors (Lipinski definition) is 9. The second-order valence-electron chi connectivity index (χ2n) is 16.1. The third-order valence-corrected chi connectivity index (χ3v) is 12.3. The number of piperidine rings is 2. The number of aryl methyl sites for hydroxylation is 1. The maximum absolute atomic E-state index is 14.2. The van der Waals surface area contributed by atoms with Crippen molar-refractivity contribution in [3.8, 4) is 0 Å². The number of para-hydroxylation sites is 1. The Morgan fingerprint density at radius 1 is 1.04 bits per heavy atom. The molecular weight excluding hydrogens is 737 g/mol. The van der Waals surface area contributed by atoms with Crippen LogP contribution in [0.3, 0.4) is 0 Å². The topological polar surface area (TPSA) is 157 Å². The summed E-state index contributed by atoms with van der Waals surface area (Å²) in [5, 5.41) is 13.6. The molecule has 0 radical (unpaired) electrons. The van der Waals surface area contributed by atoms with E-state index in [1.165, 1.54) is 17.0 Å². The predicted molar refractivity (Wildman–Crippen MR) is 210 cm³/mol. The summed E-state index contributed by atoms with van der Waals surface area (Å²) in [5.41, 5.74) is 3.15. The second kappa shape index (κ2) is 15.5. The third-order valence-electron chi connectivity index (χ3n) is 12.3. The summed E-state index contributed by atoms with van der Waals surface area (Å²) < 4.78 is 34.7. The lowest BCUT2D eigenvalue weighted by Gasteiger charge is -2.40. The summed E-state index contributed by atoms with van der Waals surface area (Å²) in [5.74, 6) is -0.721. The zero-order valence-electron chi connectivity index (χ0n) is 32.7. The number of rotatable bonds is 10. The number of imidazole rings is 1. The summed E-state index contributed by atoms with van der Waals surface area (Å²) >= 11 is 0. The van der Waals surface area contributed by atoms with Crippen molar-refractivity contribution in [2.75, 3.05) is 36.9 Å². The molecule has 57 heavy (non-hydrogen) atoms. The van der Waals surface area contributed by atoms with E-state index in [1.54, 1.807) is 27.0 Å². The van der Waals surface area contributed by atoms with E-state index < -0.39 is 30.0 Å². The van der Waals surface area contributed by atoms with Crippen LogP contribution in [0.15, 0.2) is 47.7 Å². The molecule has 4 aromatic heterocycles. The van der Waals surface area contributed by atoms with Gasteiger partial charge in [-0.2, -0.15) is 10.2 Å². The van der Waals surface area contributed by atoms with Crippen LogP contribution in [-0.4, -0.2) is 88.9 Å². The first kappa shape index (κ1) is 38.4. The first-order valence-corrected chi connectivity index (χ1v) is 19.9. The molecule has 3 amide bonds. The number of carbonyl (C=O) groups excluding carboxylic acids is 3. The Balaban J connectivity index is 0.869. The molecule has 2 saturated heterocycles. The highest BCUT2D eigenvalue weighted by atomic mass is 19.3. The summed E-state index contributed by atoms with van der Waals surface area (Å²) in [6.45, 7) is 6.60. The lowest BCUT2D eigenvalue weighted by atomic mass is 9.85. The third kappa shape index (κ3) is 7.21. The molecule has 1 saturated carbocycles. The lowest BCUT2D eigenvalue weighted by Crippen LogP contribution is -2.45. The number of nitrogens with one attached hydrogen (secondary N) is 2. The molecule has 8 rings (SSSR count). The Bertz CT molecular complexity index is 2380. The van der Waals surface area contributed by atoms with Gasteiger partial charge in [0, 0.05) is 57.2 Å². The number of nitrogens with zero attached hydrogens (tertiary/aromatic N) is 9. The van der Waals surface area contributed by atoms with Crippen LogP contribution in [0.2, 0.25) is 0 Å². The van der Waals surface area contributed by atoms with E-state index in [0.717, 1.165) is 75.1 Å². The Morgan fingerprint density at radius 2 is 1.79 bits per heavy atom. The number of fused-ring (bicyclic) bond motifs is 2. The molecule has 1 aromatic carbocycles. The summed E-state index contributed by atoms with van der Waals surface area (Å²) in [4.78, 5) is 60.3. The minimum atomic E-state index is -2.86. The summed E-state index contributed by atoms with van der Waals surface area (Å²) in [6, 6.07) is 7.27. The highest BCUT2D eigenvalue weighted by Gasteiger charge is 2.34. The van der Waals surface area contributed by atoms with Crippen molar-refractivity contribution in [3.63, 3.8) is 0 Å². The van der Waals surface area contributed by atoms with Crippen LogP contribution >= 0.6 is 0 Å². The fourth-order valence-corrected chi connectivity index (χ4v) is 9.15. The van der Waals surface area contributed by atoms with Crippen molar-refractivity contribution in [1.82, 2.24) is 43.7 Å². The molecule has 0 spiro atoms. The van der Waals surface area contributed by atoms with Crippen LogP contribution in [0.4, 0.5) is 20.2 Å². The molecule has 15 nitrogen and oxygen atoms in total. The van der Waals surface area contributed by atoms with Gasteiger partial charge in [0.2, 0.25) is 11.8 Å². The molecule has 1 aliphatic carbocycles. The van der Waals surface area contributed by atoms with E-state index in [1.807, 2.05) is 38.1 Å². The standard InChI is InChI=1S/C40H49F2N11O4/c1-23(2)29-14-17-43-37-27(20-44-53(29)37)38(55)45-28-22-51(47-34(28)36(41)42)26-10-8-24(9-11-26)21-48(3)25-15-18-50(19-16-25)30-6-5-7-31-35(30)49(4)40(57)52(31)32-12-13-33(54)46-39(32)56/h5-7,14,17,20,22-26,32,36H,8-13,15-16,18-19,21H2,1-4H3,(H,45,55)(H,46,54,56). The van der Waals surface area contributed by atoms with Gasteiger partial charge in [0.25, 0.3) is 12.3 Å². The molecule has 6 heterocycles. The van der Waals surface area contributed by atoms with Gasteiger partial charge in [-0.25, -0.2) is 23.1 Å². The van der Waals surface area contributed by atoms with Gasteiger partial charge >= 0.3 is 5.69 Å². The monoisotopic (exact) mass is 785 g/mol. The number of hydrogen-bond donors (Lipinski definition) is 2. The minimum absolute atomic E-state index is 0.00657. The molecule has 1 unspecified atom stereocenters. The molecule has 2 N–H and O–H groups in total. The van der Waals surface area contributed by atoms with Gasteiger partial charge in [0.1, 0.15) is 11.6 Å². The largest absolute Gasteiger partial charge is 0.370 e. The fraction of sp³-hybridized carbons (Fsp3) is 0.525. The normalized spacial score (nSPS) is 21.1. The Kier molecular flexibility index (Phi) is 10.4. The van der Waals surface area contributed by atoms with Gasteiger partial charge in [-0.05, 0) is 82.0 Å². The van der Waals surface area contributed by atoms with Crippen LogP contribution < -0.4 is 21.2 Å². The number of imide groups is 1. The van der Waals surface area contributed by atoms with Crippen molar-refractivity contribution in [2.45, 2.75) is 95.7 Å².